The SMILES string of the molecule is C=CCCCN(C)C(=NCCCOC(C)C)NCC. The van der Waals surface area contributed by atoms with Gasteiger partial charge in [0.1, 0.15) is 0 Å². The van der Waals surface area contributed by atoms with Crippen LogP contribution in [0.3, 0.4) is 0 Å². The molecule has 0 aliphatic carbocycles. The highest BCUT2D eigenvalue weighted by Gasteiger charge is 2.04. The van der Waals surface area contributed by atoms with E-state index < -0.39 is 0 Å². The Morgan fingerprint density at radius 1 is 1.42 bits per heavy atom. The molecule has 0 aliphatic rings. The van der Waals surface area contributed by atoms with Gasteiger partial charge in [-0.15, -0.1) is 6.58 Å². The van der Waals surface area contributed by atoms with Crippen LogP contribution in [0.4, 0.5) is 0 Å². The number of nitrogens with one attached hydrogen (secondary N) is 1. The summed E-state index contributed by atoms with van der Waals surface area (Å²) in [5.74, 6) is 0.983. The first kappa shape index (κ1) is 18.0. The number of hydrogen-bond acceptors (Lipinski definition) is 2. The number of unbranched alkanes of at least 4 members (excludes halogenated alkanes) is 1. The summed E-state index contributed by atoms with van der Waals surface area (Å²) in [6, 6.07) is 0. The minimum absolute atomic E-state index is 0.304. The van der Waals surface area contributed by atoms with Crippen molar-refractivity contribution in [2.75, 3.05) is 33.3 Å². The predicted octanol–water partition coefficient (Wildman–Crippen LogP) is 2.67. The monoisotopic (exact) mass is 269 g/mol. The topological polar surface area (TPSA) is 36.9 Å². The molecular weight excluding hydrogens is 238 g/mol. The van der Waals surface area contributed by atoms with Gasteiger partial charge in [-0.25, -0.2) is 0 Å². The van der Waals surface area contributed by atoms with Gasteiger partial charge in [-0.2, -0.15) is 0 Å². The van der Waals surface area contributed by atoms with Crippen LogP contribution in [0.25, 0.3) is 0 Å². The summed E-state index contributed by atoms with van der Waals surface area (Å²) in [5.41, 5.74) is 0. The second-order valence-corrected chi connectivity index (χ2v) is 4.86. The summed E-state index contributed by atoms with van der Waals surface area (Å²) in [7, 11) is 2.08. The molecule has 0 aromatic heterocycles. The van der Waals surface area contributed by atoms with Crippen LogP contribution in [0.1, 0.15) is 40.0 Å². The van der Waals surface area contributed by atoms with Crippen molar-refractivity contribution in [3.8, 4) is 0 Å². The van der Waals surface area contributed by atoms with E-state index >= 15 is 0 Å². The van der Waals surface area contributed by atoms with Gasteiger partial charge in [0.15, 0.2) is 5.96 Å². The fourth-order valence-electron chi connectivity index (χ4n) is 1.62. The molecule has 0 heterocycles. The Bertz CT molecular complexity index is 252. The molecule has 0 saturated carbocycles. The molecule has 4 nitrogen and oxygen atoms in total. The van der Waals surface area contributed by atoms with E-state index in [-0.39, 0.29) is 0 Å². The van der Waals surface area contributed by atoms with Crippen molar-refractivity contribution in [2.24, 2.45) is 4.99 Å². The second kappa shape index (κ2) is 12.0. The average Bonchev–Trinajstić information content (AvgIpc) is 2.37. The third kappa shape index (κ3) is 10.6. The van der Waals surface area contributed by atoms with E-state index in [1.165, 1.54) is 0 Å². The molecule has 4 heteroatoms. The van der Waals surface area contributed by atoms with Crippen molar-refractivity contribution < 1.29 is 4.74 Å². The maximum atomic E-state index is 5.51. The molecule has 0 spiro atoms. The summed E-state index contributed by atoms with van der Waals surface area (Å²) < 4.78 is 5.51. The van der Waals surface area contributed by atoms with Gasteiger partial charge >= 0.3 is 0 Å². The molecule has 0 aliphatic heterocycles. The largest absolute Gasteiger partial charge is 0.379 e. The first-order valence-corrected chi connectivity index (χ1v) is 7.33. The lowest BCUT2D eigenvalue weighted by atomic mass is 10.3. The summed E-state index contributed by atoms with van der Waals surface area (Å²) >= 11 is 0. The highest BCUT2D eigenvalue weighted by Crippen LogP contribution is 1.96. The fraction of sp³-hybridized carbons (Fsp3) is 0.800. The highest BCUT2D eigenvalue weighted by molar-refractivity contribution is 5.79. The molecule has 19 heavy (non-hydrogen) atoms. The molecular formula is C15H31N3O. The Morgan fingerprint density at radius 2 is 2.16 bits per heavy atom. The normalized spacial score (nSPS) is 11.7. The van der Waals surface area contributed by atoms with E-state index in [0.29, 0.717) is 6.10 Å². The van der Waals surface area contributed by atoms with Gasteiger partial charge in [0.25, 0.3) is 0 Å². The number of aliphatic imine (C=N–C) groups is 1. The van der Waals surface area contributed by atoms with Crippen molar-refractivity contribution in [2.45, 2.75) is 46.1 Å². The minimum Gasteiger partial charge on any atom is -0.379 e. The lowest BCUT2D eigenvalue weighted by Crippen LogP contribution is -2.39. The van der Waals surface area contributed by atoms with Gasteiger partial charge in [0.05, 0.1) is 6.10 Å². The molecule has 0 atom stereocenters. The standard InChI is InChI=1S/C15H31N3O/c1-6-8-9-12-18(5)15(16-7-2)17-11-10-13-19-14(3)4/h6,14H,1,7-13H2,2-5H3,(H,16,17). The van der Waals surface area contributed by atoms with Gasteiger partial charge in [0, 0.05) is 33.3 Å². The quantitative estimate of drug-likeness (QED) is 0.287. The third-order valence-electron chi connectivity index (χ3n) is 2.61. The first-order valence-electron chi connectivity index (χ1n) is 7.33. The van der Waals surface area contributed by atoms with Crippen LogP contribution in [0.2, 0.25) is 0 Å². The lowest BCUT2D eigenvalue weighted by molar-refractivity contribution is 0.0782. The Labute approximate surface area is 118 Å². The first-order chi connectivity index (χ1) is 9.11. The van der Waals surface area contributed by atoms with E-state index in [4.69, 9.17) is 4.74 Å². The maximum absolute atomic E-state index is 5.51. The van der Waals surface area contributed by atoms with E-state index in [9.17, 15) is 0 Å². The third-order valence-corrected chi connectivity index (χ3v) is 2.61. The molecule has 0 unspecified atom stereocenters. The van der Waals surface area contributed by atoms with Crippen LogP contribution < -0.4 is 5.32 Å². The van der Waals surface area contributed by atoms with Gasteiger partial charge in [-0.1, -0.05) is 6.08 Å². The van der Waals surface area contributed by atoms with Crippen molar-refractivity contribution in [3.63, 3.8) is 0 Å². The Hall–Kier alpha value is -1.03. The van der Waals surface area contributed by atoms with Crippen LogP contribution in [0.5, 0.6) is 0 Å². The number of ether oxygens (including phenoxy) is 1. The second-order valence-electron chi connectivity index (χ2n) is 4.86. The van der Waals surface area contributed by atoms with E-state index in [0.717, 1.165) is 51.5 Å². The van der Waals surface area contributed by atoms with Gasteiger partial charge in [-0.3, -0.25) is 4.99 Å². The molecule has 1 N–H and O–H groups in total. The van der Waals surface area contributed by atoms with Crippen molar-refractivity contribution >= 4 is 5.96 Å². The summed E-state index contributed by atoms with van der Waals surface area (Å²) in [5, 5.41) is 3.32. The Morgan fingerprint density at radius 3 is 2.74 bits per heavy atom. The number of rotatable bonds is 10. The van der Waals surface area contributed by atoms with Crippen LogP contribution >= 0.6 is 0 Å². The highest BCUT2D eigenvalue weighted by atomic mass is 16.5. The minimum atomic E-state index is 0.304. The Balaban J connectivity index is 4.02. The zero-order valence-corrected chi connectivity index (χ0v) is 13.1. The van der Waals surface area contributed by atoms with E-state index in [1.54, 1.807) is 0 Å². The maximum Gasteiger partial charge on any atom is 0.193 e. The van der Waals surface area contributed by atoms with Crippen LogP contribution in [-0.4, -0.2) is 50.3 Å². The zero-order valence-electron chi connectivity index (χ0n) is 13.1. The average molecular weight is 269 g/mol. The molecule has 0 radical (unpaired) electrons. The van der Waals surface area contributed by atoms with Crippen molar-refractivity contribution in [1.29, 1.82) is 0 Å². The summed E-state index contributed by atoms with van der Waals surface area (Å²) in [6.07, 6.45) is 5.39. The molecule has 0 rings (SSSR count). The molecule has 0 fully saturated rings. The predicted molar refractivity (Wildman–Crippen MR) is 83.7 cm³/mol. The van der Waals surface area contributed by atoms with E-state index in [2.05, 4.69) is 49.6 Å². The molecule has 0 bridgehead atoms. The van der Waals surface area contributed by atoms with Gasteiger partial charge < -0.3 is 15.0 Å². The molecule has 0 saturated heterocycles. The van der Waals surface area contributed by atoms with Crippen LogP contribution in [0.15, 0.2) is 17.6 Å². The zero-order chi connectivity index (χ0) is 14.5. The van der Waals surface area contributed by atoms with Gasteiger partial charge in [0.2, 0.25) is 0 Å². The van der Waals surface area contributed by atoms with E-state index in [1.807, 2.05) is 6.08 Å². The van der Waals surface area contributed by atoms with Gasteiger partial charge in [-0.05, 0) is 40.0 Å². The smallest absolute Gasteiger partial charge is 0.193 e. The van der Waals surface area contributed by atoms with Crippen LogP contribution in [0, 0.1) is 0 Å². The van der Waals surface area contributed by atoms with Crippen molar-refractivity contribution in [3.05, 3.63) is 12.7 Å². The number of hydrogen-bond donors (Lipinski definition) is 1. The number of guanidine groups is 1. The van der Waals surface area contributed by atoms with Crippen molar-refractivity contribution in [1.82, 2.24) is 10.2 Å². The number of allylic oxidation sites excluding steroid dienone is 1. The summed E-state index contributed by atoms with van der Waals surface area (Å²) in [4.78, 5) is 6.79. The Kier molecular flexibility index (Phi) is 11.4. The molecule has 0 amide bonds. The lowest BCUT2D eigenvalue weighted by Gasteiger charge is -2.21. The molecule has 112 valence electrons. The fourth-order valence-corrected chi connectivity index (χ4v) is 1.62. The number of nitrogens with zero attached hydrogens (tertiary/aromatic N) is 2. The molecule has 0 aromatic carbocycles. The molecule has 0 aromatic rings. The van der Waals surface area contributed by atoms with Crippen LogP contribution in [-0.2, 0) is 4.74 Å². The summed E-state index contributed by atoms with van der Waals surface area (Å²) in [6.45, 7) is 13.4.